The molecule has 0 unspecified atom stereocenters. The van der Waals surface area contributed by atoms with Gasteiger partial charge in [0, 0.05) is 17.1 Å². The Hall–Kier alpha value is -3.32. The second-order valence-electron chi connectivity index (χ2n) is 6.05. The third-order valence-corrected chi connectivity index (χ3v) is 4.27. The molecule has 150 valence electrons. The fourth-order valence-corrected chi connectivity index (χ4v) is 2.64. The van der Waals surface area contributed by atoms with Crippen molar-refractivity contribution in [2.45, 2.75) is 6.54 Å². The quantitative estimate of drug-likeness (QED) is 0.493. The molecule has 0 fully saturated rings. The van der Waals surface area contributed by atoms with Crippen molar-refractivity contribution in [3.05, 3.63) is 72.1 Å². The summed E-state index contributed by atoms with van der Waals surface area (Å²) in [7, 11) is 1.59. The molecule has 7 nitrogen and oxygen atoms in total. The van der Waals surface area contributed by atoms with E-state index in [1.807, 2.05) is 0 Å². The molecule has 1 heterocycles. The van der Waals surface area contributed by atoms with Crippen molar-refractivity contribution in [1.29, 1.82) is 0 Å². The lowest BCUT2D eigenvalue weighted by Gasteiger charge is -2.19. The maximum atomic E-state index is 12.6. The molecule has 2 aromatic carbocycles. The van der Waals surface area contributed by atoms with E-state index in [1.54, 1.807) is 61.7 Å². The van der Waals surface area contributed by atoms with Gasteiger partial charge in [-0.3, -0.25) is 4.79 Å². The average molecular weight is 414 g/mol. The Morgan fingerprint density at radius 2 is 1.86 bits per heavy atom. The molecule has 0 aliphatic rings. The van der Waals surface area contributed by atoms with Crippen LogP contribution in [-0.4, -0.2) is 41.2 Å². The van der Waals surface area contributed by atoms with Crippen LogP contribution in [0.15, 0.2) is 65.7 Å². The molecule has 0 bridgehead atoms. The molecule has 0 saturated carbocycles. The van der Waals surface area contributed by atoms with E-state index in [1.165, 1.54) is 4.90 Å². The van der Waals surface area contributed by atoms with Crippen molar-refractivity contribution in [3.63, 3.8) is 0 Å². The third-order valence-electron chi connectivity index (χ3n) is 4.02. The van der Waals surface area contributed by atoms with Gasteiger partial charge in [0.15, 0.2) is 6.61 Å². The summed E-state index contributed by atoms with van der Waals surface area (Å²) in [4.78, 5) is 18.4. The molecule has 0 atom stereocenters. The fourth-order valence-electron chi connectivity index (χ4n) is 2.52. The van der Waals surface area contributed by atoms with Crippen LogP contribution < -0.4 is 9.47 Å². The molecule has 0 spiro atoms. The lowest BCUT2D eigenvalue weighted by atomic mass is 10.2. The van der Waals surface area contributed by atoms with E-state index >= 15 is 0 Å². The van der Waals surface area contributed by atoms with Crippen molar-refractivity contribution in [3.8, 4) is 22.9 Å². The largest absolute Gasteiger partial charge is 0.497 e. The first-order valence-electron chi connectivity index (χ1n) is 8.83. The molecule has 1 amide bonds. The molecule has 0 aliphatic heterocycles. The summed E-state index contributed by atoms with van der Waals surface area (Å²) in [6.07, 6.45) is 1.63. The minimum atomic E-state index is -0.230. The summed E-state index contributed by atoms with van der Waals surface area (Å²) >= 11 is 5.90. The van der Waals surface area contributed by atoms with Gasteiger partial charge in [-0.05, 0) is 48.5 Å². The highest BCUT2D eigenvalue weighted by molar-refractivity contribution is 6.30. The van der Waals surface area contributed by atoms with Gasteiger partial charge in [-0.25, -0.2) is 0 Å². The normalized spacial score (nSPS) is 10.4. The third kappa shape index (κ3) is 5.58. The number of hydrogen-bond acceptors (Lipinski definition) is 6. The number of rotatable bonds is 9. The van der Waals surface area contributed by atoms with Crippen LogP contribution >= 0.6 is 11.6 Å². The van der Waals surface area contributed by atoms with Crippen molar-refractivity contribution in [1.82, 2.24) is 15.0 Å². The van der Waals surface area contributed by atoms with Crippen LogP contribution in [0.4, 0.5) is 0 Å². The molecule has 0 N–H and O–H groups in total. The fraction of sp³-hybridized carbons (Fsp3) is 0.190. The standard InChI is InChI=1S/C21H20ClN3O4/c1-3-12-25(20(26)14-28-18-10-8-17(27-2)9-11-18)13-19-23-21(24-29-19)15-4-6-16(22)7-5-15/h3-11H,1,12-14H2,2H3. The van der Waals surface area contributed by atoms with Crippen LogP contribution in [0.5, 0.6) is 11.5 Å². The maximum absolute atomic E-state index is 12.6. The second kappa shape index (κ2) is 9.75. The van der Waals surface area contributed by atoms with Crippen molar-refractivity contribution < 1.29 is 18.8 Å². The number of ether oxygens (including phenoxy) is 2. The smallest absolute Gasteiger partial charge is 0.261 e. The van der Waals surface area contributed by atoms with Gasteiger partial charge in [0.2, 0.25) is 11.7 Å². The first-order valence-corrected chi connectivity index (χ1v) is 9.21. The lowest BCUT2D eigenvalue weighted by molar-refractivity contribution is -0.133. The van der Waals surface area contributed by atoms with E-state index in [-0.39, 0.29) is 19.1 Å². The maximum Gasteiger partial charge on any atom is 0.261 e. The van der Waals surface area contributed by atoms with E-state index in [0.29, 0.717) is 34.8 Å². The van der Waals surface area contributed by atoms with Gasteiger partial charge in [0.25, 0.3) is 5.91 Å². The summed E-state index contributed by atoms with van der Waals surface area (Å²) in [6, 6.07) is 14.1. The van der Waals surface area contributed by atoms with E-state index in [0.717, 1.165) is 5.56 Å². The van der Waals surface area contributed by atoms with Crippen molar-refractivity contribution >= 4 is 17.5 Å². The highest BCUT2D eigenvalue weighted by atomic mass is 35.5. The highest BCUT2D eigenvalue weighted by Crippen LogP contribution is 2.20. The van der Waals surface area contributed by atoms with E-state index in [4.69, 9.17) is 25.6 Å². The van der Waals surface area contributed by atoms with Crippen LogP contribution in [0.3, 0.4) is 0 Å². The summed E-state index contributed by atoms with van der Waals surface area (Å²) in [5, 5.41) is 4.58. The molecular weight excluding hydrogens is 394 g/mol. The van der Waals surface area contributed by atoms with Crippen LogP contribution in [0, 0.1) is 0 Å². The number of aromatic nitrogens is 2. The van der Waals surface area contributed by atoms with Gasteiger partial charge < -0.3 is 18.9 Å². The van der Waals surface area contributed by atoms with Crippen molar-refractivity contribution in [2.24, 2.45) is 0 Å². The number of hydrogen-bond donors (Lipinski definition) is 0. The number of benzene rings is 2. The summed E-state index contributed by atoms with van der Waals surface area (Å²) < 4.78 is 15.9. The van der Waals surface area contributed by atoms with E-state index in [9.17, 15) is 4.79 Å². The summed E-state index contributed by atoms with van der Waals surface area (Å²) in [5.74, 6) is 1.80. The zero-order chi connectivity index (χ0) is 20.6. The average Bonchev–Trinajstić information content (AvgIpc) is 3.21. The van der Waals surface area contributed by atoms with Gasteiger partial charge >= 0.3 is 0 Å². The molecule has 0 radical (unpaired) electrons. The molecule has 29 heavy (non-hydrogen) atoms. The molecular formula is C21H20ClN3O4. The Bertz CT molecular complexity index is 955. The summed E-state index contributed by atoms with van der Waals surface area (Å²) in [6.45, 7) is 4.04. The molecule has 0 saturated heterocycles. The Morgan fingerprint density at radius 1 is 1.17 bits per heavy atom. The Labute approximate surface area is 173 Å². The molecule has 0 aliphatic carbocycles. The molecule has 1 aromatic heterocycles. The Morgan fingerprint density at radius 3 is 2.52 bits per heavy atom. The number of methoxy groups -OCH3 is 1. The van der Waals surface area contributed by atoms with Crippen LogP contribution in [-0.2, 0) is 11.3 Å². The Kier molecular flexibility index (Phi) is 6.86. The first-order chi connectivity index (χ1) is 14.1. The summed E-state index contributed by atoms with van der Waals surface area (Å²) in [5.41, 5.74) is 0.772. The minimum Gasteiger partial charge on any atom is -0.497 e. The highest BCUT2D eigenvalue weighted by Gasteiger charge is 2.18. The van der Waals surface area contributed by atoms with Crippen LogP contribution in [0.2, 0.25) is 5.02 Å². The molecule has 3 rings (SSSR count). The lowest BCUT2D eigenvalue weighted by Crippen LogP contribution is -2.34. The number of amides is 1. The van der Waals surface area contributed by atoms with E-state index < -0.39 is 0 Å². The topological polar surface area (TPSA) is 77.7 Å². The van der Waals surface area contributed by atoms with Gasteiger partial charge in [0.05, 0.1) is 7.11 Å². The van der Waals surface area contributed by atoms with Crippen LogP contribution in [0.1, 0.15) is 5.89 Å². The van der Waals surface area contributed by atoms with Crippen LogP contribution in [0.25, 0.3) is 11.4 Å². The van der Waals surface area contributed by atoms with Crippen molar-refractivity contribution in [2.75, 3.05) is 20.3 Å². The number of carbonyl (C=O) groups excluding carboxylic acids is 1. The minimum absolute atomic E-state index is 0.127. The number of halogens is 1. The molecule has 8 heteroatoms. The molecule has 3 aromatic rings. The van der Waals surface area contributed by atoms with Gasteiger partial charge in [-0.1, -0.05) is 22.8 Å². The van der Waals surface area contributed by atoms with Gasteiger partial charge in [-0.2, -0.15) is 4.98 Å². The predicted octanol–water partition coefficient (Wildman–Crippen LogP) is 3.99. The SMILES string of the molecule is C=CCN(Cc1nc(-c2ccc(Cl)cc2)no1)C(=O)COc1ccc(OC)cc1. The second-order valence-corrected chi connectivity index (χ2v) is 6.48. The van der Waals surface area contributed by atoms with Gasteiger partial charge in [-0.15, -0.1) is 6.58 Å². The zero-order valence-electron chi connectivity index (χ0n) is 15.9. The van der Waals surface area contributed by atoms with Gasteiger partial charge in [0.1, 0.15) is 18.0 Å². The predicted molar refractivity (Wildman–Crippen MR) is 109 cm³/mol. The number of carbonyl (C=O) groups is 1. The Balaban J connectivity index is 1.62. The number of nitrogens with zero attached hydrogens (tertiary/aromatic N) is 3. The first kappa shape index (κ1) is 20.4. The zero-order valence-corrected chi connectivity index (χ0v) is 16.6. The monoisotopic (exact) mass is 413 g/mol. The van der Waals surface area contributed by atoms with E-state index in [2.05, 4.69) is 16.7 Å².